The number of carboxylic acid groups (broad SMARTS) is 1. The van der Waals surface area contributed by atoms with E-state index >= 15 is 0 Å². The third kappa shape index (κ3) is 5.32. The zero-order chi connectivity index (χ0) is 25.4. The SMILES string of the molecule is O=C(O)c1cccc(OS(=O)(=O)C(F)(F)F)c1C(=O)Nc1ccc(C(F)(F)C(F)(F)F)cc1. The van der Waals surface area contributed by atoms with E-state index in [9.17, 15) is 53.1 Å². The minimum absolute atomic E-state index is 0.289. The van der Waals surface area contributed by atoms with E-state index in [1.54, 1.807) is 0 Å². The maximum atomic E-state index is 13.3. The second-order valence-corrected chi connectivity index (χ2v) is 7.61. The van der Waals surface area contributed by atoms with Gasteiger partial charge in [0.2, 0.25) is 0 Å². The maximum Gasteiger partial charge on any atom is 0.534 e. The lowest BCUT2D eigenvalue weighted by atomic mass is 10.0. The molecule has 0 heterocycles. The van der Waals surface area contributed by atoms with Gasteiger partial charge in [-0.3, -0.25) is 4.79 Å². The summed E-state index contributed by atoms with van der Waals surface area (Å²) in [5.41, 5.74) is -10.1. The van der Waals surface area contributed by atoms with Crippen LogP contribution in [0, 0.1) is 0 Å². The normalized spacial score (nSPS) is 12.8. The average molecular weight is 507 g/mol. The Morgan fingerprint density at radius 3 is 1.88 bits per heavy atom. The van der Waals surface area contributed by atoms with Gasteiger partial charge in [-0.05, 0) is 24.3 Å². The molecule has 0 bridgehead atoms. The zero-order valence-electron chi connectivity index (χ0n) is 15.5. The van der Waals surface area contributed by atoms with Crippen LogP contribution < -0.4 is 9.50 Å². The van der Waals surface area contributed by atoms with Gasteiger partial charge in [-0.15, -0.1) is 0 Å². The predicted molar refractivity (Wildman–Crippen MR) is 93.3 cm³/mol. The third-order valence-electron chi connectivity index (χ3n) is 3.83. The molecular formula is C17H9F8NO6S. The van der Waals surface area contributed by atoms with Crippen molar-refractivity contribution in [3.63, 3.8) is 0 Å². The fourth-order valence-corrected chi connectivity index (χ4v) is 2.77. The molecule has 0 spiro atoms. The van der Waals surface area contributed by atoms with Crippen LogP contribution in [0.3, 0.4) is 0 Å². The van der Waals surface area contributed by atoms with E-state index in [1.807, 2.05) is 5.32 Å². The Hall–Kier alpha value is -3.43. The van der Waals surface area contributed by atoms with E-state index in [4.69, 9.17) is 5.11 Å². The molecule has 0 aliphatic heterocycles. The van der Waals surface area contributed by atoms with Crippen molar-refractivity contribution in [3.8, 4) is 5.75 Å². The summed E-state index contributed by atoms with van der Waals surface area (Å²) in [5, 5.41) is 11.0. The summed E-state index contributed by atoms with van der Waals surface area (Å²) in [6, 6.07) is 3.76. The lowest BCUT2D eigenvalue weighted by molar-refractivity contribution is -0.289. The third-order valence-corrected chi connectivity index (χ3v) is 4.79. The minimum atomic E-state index is -6.32. The summed E-state index contributed by atoms with van der Waals surface area (Å²) < 4.78 is 128. The zero-order valence-corrected chi connectivity index (χ0v) is 16.3. The van der Waals surface area contributed by atoms with Crippen LogP contribution in [0.5, 0.6) is 5.75 Å². The van der Waals surface area contributed by atoms with Gasteiger partial charge in [-0.1, -0.05) is 18.2 Å². The topological polar surface area (TPSA) is 110 Å². The summed E-state index contributed by atoms with van der Waals surface area (Å²) in [6.45, 7) is 0. The van der Waals surface area contributed by atoms with Crippen LogP contribution in [-0.2, 0) is 16.0 Å². The molecule has 0 aliphatic carbocycles. The highest BCUT2D eigenvalue weighted by molar-refractivity contribution is 7.88. The largest absolute Gasteiger partial charge is 0.534 e. The van der Waals surface area contributed by atoms with Crippen molar-refractivity contribution in [2.75, 3.05) is 5.32 Å². The van der Waals surface area contributed by atoms with Crippen molar-refractivity contribution in [1.29, 1.82) is 0 Å². The fraction of sp³-hybridized carbons (Fsp3) is 0.176. The highest BCUT2D eigenvalue weighted by Gasteiger charge is 2.58. The number of carboxylic acids is 1. The van der Waals surface area contributed by atoms with Crippen LogP contribution >= 0.6 is 0 Å². The maximum absolute atomic E-state index is 13.3. The molecule has 0 aromatic heterocycles. The number of anilines is 1. The van der Waals surface area contributed by atoms with Crippen LogP contribution in [0.4, 0.5) is 40.8 Å². The summed E-state index contributed by atoms with van der Waals surface area (Å²) in [5.74, 6) is -10.0. The van der Waals surface area contributed by atoms with Crippen molar-refractivity contribution >= 4 is 27.7 Å². The lowest BCUT2D eigenvalue weighted by Gasteiger charge is -2.20. The van der Waals surface area contributed by atoms with E-state index in [2.05, 4.69) is 4.18 Å². The van der Waals surface area contributed by atoms with E-state index in [0.29, 0.717) is 18.2 Å². The van der Waals surface area contributed by atoms with Gasteiger partial charge in [0.05, 0.1) is 11.1 Å². The number of amides is 1. The molecular weight excluding hydrogens is 498 g/mol. The highest BCUT2D eigenvalue weighted by atomic mass is 32.2. The van der Waals surface area contributed by atoms with Crippen LogP contribution in [-0.4, -0.2) is 37.1 Å². The first kappa shape index (κ1) is 25.8. The van der Waals surface area contributed by atoms with Gasteiger partial charge < -0.3 is 14.6 Å². The molecule has 1 amide bonds. The molecule has 0 saturated carbocycles. The Morgan fingerprint density at radius 2 is 1.42 bits per heavy atom. The number of hydrogen-bond acceptors (Lipinski definition) is 5. The molecule has 2 aromatic rings. The molecule has 180 valence electrons. The standard InChI is InChI=1S/C17H9F8NO6S/c18-15(19,16(20,21)22)8-4-6-9(7-5-8)26-13(27)12-10(14(28)29)2-1-3-11(12)32-33(30,31)17(23,24)25/h1-7H,(H,26,27)(H,28,29). The van der Waals surface area contributed by atoms with Gasteiger partial charge in [0, 0.05) is 11.3 Å². The molecule has 16 heteroatoms. The summed E-state index contributed by atoms with van der Waals surface area (Å²) in [4.78, 5) is 23.8. The van der Waals surface area contributed by atoms with Crippen LogP contribution in [0.2, 0.25) is 0 Å². The summed E-state index contributed by atoms with van der Waals surface area (Å²) in [6.07, 6.45) is -5.92. The predicted octanol–water partition coefficient (Wildman–Crippen LogP) is 4.52. The first-order chi connectivity index (χ1) is 14.9. The first-order valence-electron chi connectivity index (χ1n) is 8.12. The Labute approximate surface area is 178 Å². The summed E-state index contributed by atoms with van der Waals surface area (Å²) >= 11 is 0. The van der Waals surface area contributed by atoms with E-state index in [1.165, 1.54) is 0 Å². The molecule has 7 nitrogen and oxygen atoms in total. The van der Waals surface area contributed by atoms with Crippen LogP contribution in [0.1, 0.15) is 26.3 Å². The molecule has 33 heavy (non-hydrogen) atoms. The number of aromatic carboxylic acids is 1. The number of hydrogen-bond donors (Lipinski definition) is 2. The van der Waals surface area contributed by atoms with E-state index in [0.717, 1.165) is 12.1 Å². The van der Waals surface area contributed by atoms with Gasteiger partial charge >= 0.3 is 33.7 Å². The van der Waals surface area contributed by atoms with Gasteiger partial charge in [0.15, 0.2) is 5.75 Å². The number of nitrogens with one attached hydrogen (secondary N) is 1. The minimum Gasteiger partial charge on any atom is -0.478 e. The number of benzene rings is 2. The summed E-state index contributed by atoms with van der Waals surface area (Å²) in [7, 11) is -6.32. The van der Waals surface area contributed by atoms with Crippen molar-refractivity contribution in [3.05, 3.63) is 59.2 Å². The second-order valence-electron chi connectivity index (χ2n) is 6.07. The van der Waals surface area contributed by atoms with E-state index < -0.39 is 67.7 Å². The second kappa shape index (κ2) is 8.49. The Bertz CT molecular complexity index is 1170. The van der Waals surface area contributed by atoms with Crippen molar-refractivity contribution in [2.45, 2.75) is 17.6 Å². The molecule has 0 radical (unpaired) electrons. The number of carbonyl (C=O) groups excluding carboxylic acids is 1. The van der Waals surface area contributed by atoms with E-state index in [-0.39, 0.29) is 12.1 Å². The molecule has 2 N–H and O–H groups in total. The average Bonchev–Trinajstić information content (AvgIpc) is 2.66. The monoisotopic (exact) mass is 507 g/mol. The van der Waals surface area contributed by atoms with Crippen molar-refractivity contribution in [2.24, 2.45) is 0 Å². The Kier molecular flexibility index (Phi) is 6.65. The fourth-order valence-electron chi connectivity index (χ4n) is 2.30. The number of carbonyl (C=O) groups is 2. The molecule has 0 fully saturated rings. The lowest BCUT2D eigenvalue weighted by Crippen LogP contribution is -2.33. The molecule has 2 aromatic carbocycles. The molecule has 2 rings (SSSR count). The number of alkyl halides is 8. The number of rotatable bonds is 6. The van der Waals surface area contributed by atoms with Gasteiger partial charge in [0.25, 0.3) is 5.91 Å². The smallest absolute Gasteiger partial charge is 0.478 e. The highest BCUT2D eigenvalue weighted by Crippen LogP contribution is 2.44. The van der Waals surface area contributed by atoms with Crippen LogP contribution in [0.15, 0.2) is 42.5 Å². The quantitative estimate of drug-likeness (QED) is 0.338. The van der Waals surface area contributed by atoms with Crippen molar-refractivity contribution in [1.82, 2.24) is 0 Å². The molecule has 0 unspecified atom stereocenters. The first-order valence-corrected chi connectivity index (χ1v) is 9.53. The van der Waals surface area contributed by atoms with Gasteiger partial charge in [-0.2, -0.15) is 43.5 Å². The van der Waals surface area contributed by atoms with Crippen molar-refractivity contribution < 1.29 is 62.4 Å². The molecule has 0 aliphatic rings. The van der Waals surface area contributed by atoms with Crippen LogP contribution in [0.25, 0.3) is 0 Å². The molecule has 0 atom stereocenters. The molecule has 0 saturated heterocycles. The van der Waals surface area contributed by atoms with Gasteiger partial charge in [-0.25, -0.2) is 4.79 Å². The van der Waals surface area contributed by atoms with Gasteiger partial charge in [0.1, 0.15) is 0 Å². The number of halogens is 8. The Balaban J connectivity index is 2.45. The Morgan fingerprint density at radius 1 is 0.879 bits per heavy atom.